The first-order valence-corrected chi connectivity index (χ1v) is 8.66. The van der Waals surface area contributed by atoms with Crippen molar-refractivity contribution in [3.05, 3.63) is 53.3 Å². The third-order valence-electron chi connectivity index (χ3n) is 4.02. The zero-order chi connectivity index (χ0) is 19.8. The Hall–Kier alpha value is -2.23. The molecule has 0 bridgehead atoms. The fourth-order valence-electron chi connectivity index (χ4n) is 2.60. The highest BCUT2D eigenvalue weighted by molar-refractivity contribution is 14.0. The summed E-state index contributed by atoms with van der Waals surface area (Å²) in [4.78, 5) is 6.52. The Morgan fingerprint density at radius 2 is 1.93 bits per heavy atom. The molecule has 0 spiro atoms. The first-order valence-electron chi connectivity index (χ1n) is 8.66. The van der Waals surface area contributed by atoms with Crippen LogP contribution in [0, 0.1) is 5.82 Å². The molecule has 0 unspecified atom stereocenters. The lowest BCUT2D eigenvalue weighted by molar-refractivity contribution is 0.382. The van der Waals surface area contributed by atoms with E-state index in [1.54, 1.807) is 20.3 Å². The number of methoxy groups -OCH3 is 2. The molecule has 6 nitrogen and oxygen atoms in total. The summed E-state index contributed by atoms with van der Waals surface area (Å²) in [6, 6.07) is 9.94. The van der Waals surface area contributed by atoms with E-state index in [-0.39, 0.29) is 29.7 Å². The van der Waals surface area contributed by atoms with E-state index in [1.807, 2.05) is 37.1 Å². The maximum atomic E-state index is 13.5. The average molecular weight is 503 g/mol. The second kappa shape index (κ2) is 11.6. The van der Waals surface area contributed by atoms with Crippen LogP contribution < -0.4 is 14.8 Å². The number of ether oxygens (including phenoxy) is 2. The van der Waals surface area contributed by atoms with Crippen molar-refractivity contribution in [2.45, 2.75) is 20.0 Å². The lowest BCUT2D eigenvalue weighted by atomic mass is 10.2. The number of aromatic hydroxyl groups is 1. The molecule has 0 radical (unpaired) electrons. The standard InChI is InChI=1S/C20H26FN3O3.HI/c1-5-22-20(23-12-14-6-9-18(25)17(21)10-14)24(2)13-15-7-8-16(26-3)11-19(15)27-4;/h6-11,25H,5,12-13H2,1-4H3,(H,22,23);1H. The molecule has 0 amide bonds. The molecule has 0 aliphatic carbocycles. The maximum absolute atomic E-state index is 13.5. The highest BCUT2D eigenvalue weighted by Gasteiger charge is 2.11. The van der Waals surface area contributed by atoms with Gasteiger partial charge in [-0.15, -0.1) is 24.0 Å². The van der Waals surface area contributed by atoms with Crippen molar-refractivity contribution in [1.29, 1.82) is 0 Å². The number of rotatable bonds is 7. The molecule has 0 fully saturated rings. The van der Waals surface area contributed by atoms with Crippen molar-refractivity contribution >= 4 is 29.9 Å². The van der Waals surface area contributed by atoms with Gasteiger partial charge in [-0.05, 0) is 36.8 Å². The number of guanidine groups is 1. The second-order valence-electron chi connectivity index (χ2n) is 5.99. The summed E-state index contributed by atoms with van der Waals surface area (Å²) in [5, 5.41) is 12.5. The van der Waals surface area contributed by atoms with Gasteiger partial charge in [0.15, 0.2) is 17.5 Å². The minimum atomic E-state index is -0.649. The van der Waals surface area contributed by atoms with E-state index in [0.29, 0.717) is 31.2 Å². The van der Waals surface area contributed by atoms with E-state index in [0.717, 1.165) is 17.1 Å². The molecular weight excluding hydrogens is 476 g/mol. The molecule has 0 heterocycles. The molecule has 8 heteroatoms. The van der Waals surface area contributed by atoms with E-state index < -0.39 is 5.82 Å². The molecule has 2 N–H and O–H groups in total. The smallest absolute Gasteiger partial charge is 0.194 e. The minimum Gasteiger partial charge on any atom is -0.505 e. The molecule has 154 valence electrons. The lowest BCUT2D eigenvalue weighted by Crippen LogP contribution is -2.38. The highest BCUT2D eigenvalue weighted by atomic mass is 127. The predicted octanol–water partition coefficient (Wildman–Crippen LogP) is 3.76. The van der Waals surface area contributed by atoms with Crippen LogP contribution in [-0.4, -0.2) is 43.8 Å². The Morgan fingerprint density at radius 1 is 1.18 bits per heavy atom. The number of aliphatic imine (C=N–C) groups is 1. The molecule has 0 aromatic heterocycles. The van der Waals surface area contributed by atoms with Crippen LogP contribution >= 0.6 is 24.0 Å². The van der Waals surface area contributed by atoms with Crippen LogP contribution in [0.1, 0.15) is 18.1 Å². The minimum absolute atomic E-state index is 0. The first-order chi connectivity index (χ1) is 13.0. The third-order valence-corrected chi connectivity index (χ3v) is 4.02. The molecule has 2 rings (SSSR count). The van der Waals surface area contributed by atoms with Gasteiger partial charge >= 0.3 is 0 Å². The lowest BCUT2D eigenvalue weighted by Gasteiger charge is -2.23. The van der Waals surface area contributed by atoms with E-state index in [2.05, 4.69) is 10.3 Å². The molecule has 0 atom stereocenters. The molecule has 2 aromatic carbocycles. The van der Waals surface area contributed by atoms with Gasteiger partial charge in [0, 0.05) is 31.8 Å². The van der Waals surface area contributed by atoms with Crippen LogP contribution in [0.2, 0.25) is 0 Å². The average Bonchev–Trinajstić information content (AvgIpc) is 2.67. The molecule has 0 saturated carbocycles. The monoisotopic (exact) mass is 503 g/mol. The van der Waals surface area contributed by atoms with Gasteiger partial charge in [-0.25, -0.2) is 9.38 Å². The number of halogens is 2. The van der Waals surface area contributed by atoms with Crippen LogP contribution in [0.5, 0.6) is 17.2 Å². The fraction of sp³-hybridized carbons (Fsp3) is 0.350. The summed E-state index contributed by atoms with van der Waals surface area (Å²) < 4.78 is 24.2. The van der Waals surface area contributed by atoms with Gasteiger partial charge in [-0.3, -0.25) is 0 Å². The summed E-state index contributed by atoms with van der Waals surface area (Å²) in [6.07, 6.45) is 0. The van der Waals surface area contributed by atoms with Crippen LogP contribution in [-0.2, 0) is 13.1 Å². The molecule has 0 saturated heterocycles. The molecule has 0 aliphatic heterocycles. The van der Waals surface area contributed by atoms with Gasteiger partial charge in [0.25, 0.3) is 0 Å². The number of phenols is 1. The summed E-state index contributed by atoms with van der Waals surface area (Å²) in [5.41, 5.74) is 1.67. The van der Waals surface area contributed by atoms with E-state index in [1.165, 1.54) is 12.1 Å². The van der Waals surface area contributed by atoms with Gasteiger partial charge in [-0.2, -0.15) is 0 Å². The van der Waals surface area contributed by atoms with Crippen molar-refractivity contribution < 1.29 is 19.0 Å². The fourth-order valence-corrected chi connectivity index (χ4v) is 2.60. The zero-order valence-corrected chi connectivity index (χ0v) is 18.9. The second-order valence-corrected chi connectivity index (χ2v) is 5.99. The van der Waals surface area contributed by atoms with Gasteiger partial charge < -0.3 is 24.8 Å². The normalized spacial score (nSPS) is 10.8. The Bertz CT molecular complexity index is 802. The Morgan fingerprint density at radius 3 is 2.54 bits per heavy atom. The largest absolute Gasteiger partial charge is 0.505 e. The molecule has 28 heavy (non-hydrogen) atoms. The Labute approximate surface area is 182 Å². The van der Waals surface area contributed by atoms with Gasteiger partial charge in [0.05, 0.1) is 20.8 Å². The van der Waals surface area contributed by atoms with Crippen LogP contribution in [0.15, 0.2) is 41.4 Å². The van der Waals surface area contributed by atoms with Crippen LogP contribution in [0.3, 0.4) is 0 Å². The zero-order valence-electron chi connectivity index (χ0n) is 16.5. The van der Waals surface area contributed by atoms with Gasteiger partial charge in [-0.1, -0.05) is 6.07 Å². The van der Waals surface area contributed by atoms with Crippen molar-refractivity contribution in [3.8, 4) is 17.2 Å². The number of phenolic OH excluding ortho intramolecular Hbond substituents is 1. The summed E-state index contributed by atoms with van der Waals surface area (Å²) >= 11 is 0. The van der Waals surface area contributed by atoms with E-state index >= 15 is 0 Å². The quantitative estimate of drug-likeness (QED) is 0.342. The maximum Gasteiger partial charge on any atom is 0.194 e. The third kappa shape index (κ3) is 6.43. The number of nitrogens with zero attached hydrogens (tertiary/aromatic N) is 2. The predicted molar refractivity (Wildman–Crippen MR) is 119 cm³/mol. The topological polar surface area (TPSA) is 66.3 Å². The Kier molecular flexibility index (Phi) is 9.84. The van der Waals surface area contributed by atoms with Crippen LogP contribution in [0.4, 0.5) is 4.39 Å². The summed E-state index contributed by atoms with van der Waals surface area (Å²) in [6.45, 7) is 3.55. The Balaban J connectivity index is 0.00000392. The van der Waals surface area contributed by atoms with Crippen LogP contribution in [0.25, 0.3) is 0 Å². The SMILES string of the molecule is CCNC(=NCc1ccc(O)c(F)c1)N(C)Cc1ccc(OC)cc1OC.I. The van der Waals surface area contributed by atoms with E-state index in [9.17, 15) is 9.50 Å². The molecule has 0 aliphatic rings. The number of hydrogen-bond donors (Lipinski definition) is 2. The van der Waals surface area contributed by atoms with Gasteiger partial charge in [0.2, 0.25) is 0 Å². The summed E-state index contributed by atoms with van der Waals surface area (Å²) in [5.74, 6) is 1.14. The van der Waals surface area contributed by atoms with Crippen molar-refractivity contribution in [3.63, 3.8) is 0 Å². The number of benzene rings is 2. The van der Waals surface area contributed by atoms with Crippen molar-refractivity contribution in [1.82, 2.24) is 10.2 Å². The highest BCUT2D eigenvalue weighted by Crippen LogP contribution is 2.25. The van der Waals surface area contributed by atoms with Crippen molar-refractivity contribution in [2.24, 2.45) is 4.99 Å². The van der Waals surface area contributed by atoms with E-state index in [4.69, 9.17) is 9.47 Å². The molecular formula is C20H27FIN3O3. The number of nitrogens with one attached hydrogen (secondary N) is 1. The summed E-state index contributed by atoms with van der Waals surface area (Å²) in [7, 11) is 5.15. The number of hydrogen-bond acceptors (Lipinski definition) is 4. The van der Waals surface area contributed by atoms with Gasteiger partial charge in [0.1, 0.15) is 11.5 Å². The first kappa shape index (κ1) is 23.8. The van der Waals surface area contributed by atoms with Crippen molar-refractivity contribution in [2.75, 3.05) is 27.8 Å². The molecule has 2 aromatic rings.